The highest BCUT2D eigenvalue weighted by Crippen LogP contribution is 2.17. The van der Waals surface area contributed by atoms with Crippen LogP contribution in [0.5, 0.6) is 0 Å². The van der Waals surface area contributed by atoms with Gasteiger partial charge in [0, 0.05) is 11.8 Å². The summed E-state index contributed by atoms with van der Waals surface area (Å²) >= 11 is 0. The van der Waals surface area contributed by atoms with Crippen molar-refractivity contribution in [2.24, 2.45) is 0 Å². The van der Waals surface area contributed by atoms with Gasteiger partial charge >= 0.3 is 0 Å². The summed E-state index contributed by atoms with van der Waals surface area (Å²) in [6, 6.07) is 14.5. The predicted molar refractivity (Wildman–Crippen MR) is 81.6 cm³/mol. The number of carboxylic acid groups (broad SMARTS) is 1. The monoisotopic (exact) mass is 307 g/mol. The molecule has 2 aromatic carbocycles. The molecular formula is C16H11N4O3-. The van der Waals surface area contributed by atoms with Crippen molar-refractivity contribution in [2.75, 3.05) is 5.32 Å². The van der Waals surface area contributed by atoms with Gasteiger partial charge in [-0.15, -0.1) is 10.2 Å². The first-order valence-electron chi connectivity index (χ1n) is 6.74. The highest BCUT2D eigenvalue weighted by molar-refractivity contribution is 6.02. The fraction of sp³-hybridized carbons (Fsp3) is 0. The molecule has 0 aliphatic rings. The van der Waals surface area contributed by atoms with E-state index in [-0.39, 0.29) is 0 Å². The van der Waals surface area contributed by atoms with Gasteiger partial charge in [-0.25, -0.2) is 0 Å². The van der Waals surface area contributed by atoms with Crippen molar-refractivity contribution in [3.63, 3.8) is 0 Å². The van der Waals surface area contributed by atoms with Gasteiger partial charge in [0.2, 0.25) is 5.91 Å². The zero-order valence-electron chi connectivity index (χ0n) is 11.8. The minimum atomic E-state index is -1.43. The minimum absolute atomic E-state index is 0.491. The molecule has 0 spiro atoms. The second-order valence-corrected chi connectivity index (χ2v) is 4.67. The van der Waals surface area contributed by atoms with Gasteiger partial charge in [-0.2, -0.15) is 4.80 Å². The van der Waals surface area contributed by atoms with Gasteiger partial charge < -0.3 is 15.2 Å². The van der Waals surface area contributed by atoms with Crippen molar-refractivity contribution in [3.05, 3.63) is 60.7 Å². The summed E-state index contributed by atoms with van der Waals surface area (Å²) in [6.45, 7) is 0. The fourth-order valence-corrected chi connectivity index (χ4v) is 2.00. The van der Waals surface area contributed by atoms with Crippen LogP contribution in [0, 0.1) is 0 Å². The Balaban J connectivity index is 1.85. The maximum Gasteiger partial charge on any atom is 0.248 e. The number of nitrogens with zero attached hydrogens (tertiary/aromatic N) is 3. The van der Waals surface area contributed by atoms with Crippen LogP contribution in [0.3, 0.4) is 0 Å². The summed E-state index contributed by atoms with van der Waals surface area (Å²) in [7, 11) is 0. The Morgan fingerprint density at radius 1 is 1.00 bits per heavy atom. The topological polar surface area (TPSA) is 99.9 Å². The number of nitrogens with one attached hydrogen (secondary N) is 1. The van der Waals surface area contributed by atoms with Crippen LogP contribution >= 0.6 is 0 Å². The Hall–Kier alpha value is -3.48. The molecule has 0 saturated heterocycles. The fourth-order valence-electron chi connectivity index (χ4n) is 2.00. The second-order valence-electron chi connectivity index (χ2n) is 4.67. The van der Waals surface area contributed by atoms with Crippen molar-refractivity contribution < 1.29 is 14.7 Å². The van der Waals surface area contributed by atoms with Crippen molar-refractivity contribution >= 4 is 28.6 Å². The summed E-state index contributed by atoms with van der Waals surface area (Å²) in [5, 5.41) is 21.5. The molecule has 0 bridgehead atoms. The molecule has 3 rings (SSSR count). The lowest BCUT2D eigenvalue weighted by Crippen LogP contribution is -2.20. The third-order valence-electron chi connectivity index (χ3n) is 3.01. The molecule has 1 heterocycles. The average Bonchev–Trinajstić information content (AvgIpc) is 2.97. The van der Waals surface area contributed by atoms with Gasteiger partial charge in [-0.3, -0.25) is 4.79 Å². The molecule has 1 aromatic heterocycles. The Labute approximate surface area is 130 Å². The van der Waals surface area contributed by atoms with Crippen LogP contribution in [0.2, 0.25) is 0 Å². The molecule has 0 unspecified atom stereocenters. The number of carbonyl (C=O) groups is 2. The molecule has 1 amide bonds. The van der Waals surface area contributed by atoms with Gasteiger partial charge in [0.25, 0.3) is 0 Å². The molecule has 1 N–H and O–H groups in total. The number of amides is 1. The van der Waals surface area contributed by atoms with Gasteiger partial charge in [0.05, 0.1) is 11.7 Å². The molecule has 0 fully saturated rings. The van der Waals surface area contributed by atoms with Crippen molar-refractivity contribution in [1.82, 2.24) is 15.0 Å². The number of aliphatic carboxylic acids is 1. The molecular weight excluding hydrogens is 296 g/mol. The summed E-state index contributed by atoms with van der Waals surface area (Å²) in [6.07, 6.45) is 1.56. The van der Waals surface area contributed by atoms with Crippen molar-refractivity contribution in [1.29, 1.82) is 0 Å². The van der Waals surface area contributed by atoms with E-state index in [4.69, 9.17) is 0 Å². The molecule has 7 heteroatoms. The summed E-state index contributed by atoms with van der Waals surface area (Å²) < 4.78 is 0. The predicted octanol–water partition coefficient (Wildman–Crippen LogP) is 0.665. The first kappa shape index (κ1) is 14.5. The van der Waals surface area contributed by atoms with E-state index in [1.54, 1.807) is 18.2 Å². The van der Waals surface area contributed by atoms with Gasteiger partial charge in [0.1, 0.15) is 11.0 Å². The standard InChI is InChI=1S/C16H12N4O3/c21-15(8-9-16(22)23)17-11-6-7-13-14(10-11)19-20(18-13)12-4-2-1-3-5-12/h1-10H,(H,17,21)(H,22,23)/p-1/b9-8+. The summed E-state index contributed by atoms with van der Waals surface area (Å²) in [5.74, 6) is -1.99. The number of aromatic nitrogens is 3. The third-order valence-corrected chi connectivity index (χ3v) is 3.01. The van der Waals surface area contributed by atoms with Gasteiger partial charge in [-0.05, 0) is 36.4 Å². The van der Waals surface area contributed by atoms with Crippen LogP contribution in [0.4, 0.5) is 5.69 Å². The molecule has 114 valence electrons. The molecule has 0 aliphatic carbocycles. The lowest BCUT2D eigenvalue weighted by Gasteiger charge is -2.01. The third kappa shape index (κ3) is 3.41. The van der Waals surface area contributed by atoms with E-state index in [0.717, 1.165) is 11.8 Å². The van der Waals surface area contributed by atoms with E-state index in [9.17, 15) is 14.7 Å². The molecule has 3 aromatic rings. The number of hydrogen-bond donors (Lipinski definition) is 1. The van der Waals surface area contributed by atoms with Crippen LogP contribution in [0.25, 0.3) is 16.7 Å². The number of hydrogen-bond acceptors (Lipinski definition) is 5. The Morgan fingerprint density at radius 2 is 1.74 bits per heavy atom. The van der Waals surface area contributed by atoms with Crippen LogP contribution in [-0.4, -0.2) is 26.9 Å². The van der Waals surface area contributed by atoms with Crippen molar-refractivity contribution in [3.8, 4) is 5.69 Å². The zero-order valence-corrected chi connectivity index (χ0v) is 11.8. The SMILES string of the molecule is O=C([O-])/C=C/C(=O)Nc1ccc2nn(-c3ccccc3)nc2c1. The highest BCUT2D eigenvalue weighted by Gasteiger charge is 2.06. The van der Waals surface area contributed by atoms with Crippen LogP contribution < -0.4 is 10.4 Å². The first-order chi connectivity index (χ1) is 11.1. The number of benzene rings is 2. The molecule has 7 nitrogen and oxygen atoms in total. The maximum atomic E-state index is 11.5. The average molecular weight is 307 g/mol. The number of carbonyl (C=O) groups excluding carboxylic acids is 2. The number of para-hydroxylation sites is 1. The number of rotatable bonds is 4. The number of anilines is 1. The largest absolute Gasteiger partial charge is 0.545 e. The summed E-state index contributed by atoms with van der Waals surface area (Å²) in [4.78, 5) is 23.3. The smallest absolute Gasteiger partial charge is 0.248 e. The molecule has 0 saturated carbocycles. The Morgan fingerprint density at radius 3 is 2.48 bits per heavy atom. The van der Waals surface area contributed by atoms with Crippen LogP contribution in [0.15, 0.2) is 60.7 Å². The van der Waals surface area contributed by atoms with E-state index in [0.29, 0.717) is 22.8 Å². The van der Waals surface area contributed by atoms with E-state index < -0.39 is 11.9 Å². The molecule has 0 atom stereocenters. The Kier molecular flexibility index (Phi) is 3.84. The minimum Gasteiger partial charge on any atom is -0.545 e. The van der Waals surface area contributed by atoms with E-state index in [1.165, 1.54) is 4.80 Å². The molecule has 0 aliphatic heterocycles. The lowest BCUT2D eigenvalue weighted by molar-refractivity contribution is -0.297. The molecule has 0 radical (unpaired) electrons. The van der Waals surface area contributed by atoms with Gasteiger partial charge in [-0.1, -0.05) is 18.2 Å². The van der Waals surface area contributed by atoms with Crippen molar-refractivity contribution in [2.45, 2.75) is 0 Å². The molecule has 23 heavy (non-hydrogen) atoms. The van der Waals surface area contributed by atoms with E-state index in [2.05, 4.69) is 15.5 Å². The highest BCUT2D eigenvalue weighted by atomic mass is 16.4. The second kappa shape index (κ2) is 6.10. The Bertz CT molecular complexity index is 900. The normalized spacial score (nSPS) is 11.0. The summed E-state index contributed by atoms with van der Waals surface area (Å²) in [5.41, 5.74) is 2.60. The number of carboxylic acids is 1. The quantitative estimate of drug-likeness (QED) is 0.714. The van der Waals surface area contributed by atoms with E-state index >= 15 is 0 Å². The lowest BCUT2D eigenvalue weighted by atomic mass is 10.2. The number of fused-ring (bicyclic) bond motifs is 1. The van der Waals surface area contributed by atoms with Gasteiger partial charge in [0.15, 0.2) is 0 Å². The maximum absolute atomic E-state index is 11.5. The van der Waals surface area contributed by atoms with Crippen LogP contribution in [-0.2, 0) is 9.59 Å². The zero-order chi connectivity index (χ0) is 16.2. The first-order valence-corrected chi connectivity index (χ1v) is 6.74. The van der Waals surface area contributed by atoms with Crippen LogP contribution in [0.1, 0.15) is 0 Å². The van der Waals surface area contributed by atoms with E-state index in [1.807, 2.05) is 30.3 Å².